The number of aromatic nitrogens is 2. The Morgan fingerprint density at radius 2 is 1.72 bits per heavy atom. The third-order valence-electron chi connectivity index (χ3n) is 13.5. The van der Waals surface area contributed by atoms with Gasteiger partial charge in [0.15, 0.2) is 11.6 Å². The highest BCUT2D eigenvalue weighted by atomic mass is 79.9. The number of H-pyrrole nitrogens is 1. The van der Waals surface area contributed by atoms with Crippen molar-refractivity contribution in [3.63, 3.8) is 0 Å². The maximum Gasteiger partial charge on any atom is 0.268 e. The summed E-state index contributed by atoms with van der Waals surface area (Å²) in [5.41, 5.74) is 5.63. The highest BCUT2D eigenvalue weighted by Crippen LogP contribution is 2.44. The van der Waals surface area contributed by atoms with Gasteiger partial charge in [-0.1, -0.05) is 43.2 Å². The summed E-state index contributed by atoms with van der Waals surface area (Å²) >= 11 is 9.77. The molecule has 2 aliphatic carbocycles. The van der Waals surface area contributed by atoms with E-state index < -0.39 is 21.7 Å². The van der Waals surface area contributed by atoms with Crippen LogP contribution < -0.4 is 19.7 Å². The number of morpholine rings is 1. The van der Waals surface area contributed by atoms with E-state index in [0.29, 0.717) is 34.9 Å². The van der Waals surface area contributed by atoms with Crippen molar-refractivity contribution in [3.8, 4) is 11.5 Å². The molecule has 9 rings (SSSR count). The van der Waals surface area contributed by atoms with Crippen molar-refractivity contribution in [2.75, 3.05) is 69.2 Å². The molecule has 0 spiro atoms. The zero-order valence-corrected chi connectivity index (χ0v) is 40.0. The average Bonchev–Trinajstić information content (AvgIpc) is 3.75. The first-order valence-electron chi connectivity index (χ1n) is 22.6. The number of hydrogen-bond acceptors (Lipinski definition) is 10. The minimum absolute atomic E-state index is 0.0243. The molecule has 0 bridgehead atoms. The highest BCUT2D eigenvalue weighted by Gasteiger charge is 2.31. The monoisotopic (exact) mass is 987 g/mol. The van der Waals surface area contributed by atoms with Gasteiger partial charge in [0, 0.05) is 104 Å². The molecular weight excluding hydrogens is 933 g/mol. The predicted octanol–water partition coefficient (Wildman–Crippen LogP) is 9.87. The van der Waals surface area contributed by atoms with Gasteiger partial charge in [0.2, 0.25) is 0 Å². The number of fused-ring (bicyclic) bond motifs is 1. The van der Waals surface area contributed by atoms with Gasteiger partial charge in [0.25, 0.3) is 15.9 Å². The molecule has 3 N–H and O–H groups in total. The quantitative estimate of drug-likeness (QED) is 0.111. The molecule has 1 saturated carbocycles. The summed E-state index contributed by atoms with van der Waals surface area (Å²) in [6, 6.07) is 20.1. The highest BCUT2D eigenvalue weighted by molar-refractivity contribution is 9.10. The Bertz CT molecular complexity index is 2670. The molecule has 5 aromatic rings. The lowest BCUT2D eigenvalue weighted by atomic mass is 9.72. The zero-order valence-electron chi connectivity index (χ0n) is 36.8. The number of rotatable bonds is 12. The van der Waals surface area contributed by atoms with E-state index in [0.717, 1.165) is 107 Å². The van der Waals surface area contributed by atoms with Crippen LogP contribution in [0.3, 0.4) is 0 Å². The lowest BCUT2D eigenvalue weighted by Crippen LogP contribution is -2.47. The maximum atomic E-state index is 15.5. The van der Waals surface area contributed by atoms with Crippen LogP contribution >= 0.6 is 27.5 Å². The molecule has 1 amide bonds. The molecule has 3 aromatic carbocycles. The Labute approximate surface area is 394 Å². The summed E-state index contributed by atoms with van der Waals surface area (Å²) in [4.78, 5) is 28.5. The molecule has 2 aromatic heterocycles. The van der Waals surface area contributed by atoms with Gasteiger partial charge in [-0.05, 0) is 120 Å². The first-order valence-corrected chi connectivity index (χ1v) is 25.3. The molecule has 2 aliphatic heterocycles. The topological polar surface area (TPSA) is 132 Å². The van der Waals surface area contributed by atoms with Crippen molar-refractivity contribution in [3.05, 3.63) is 111 Å². The Balaban J connectivity index is 0.897. The molecule has 65 heavy (non-hydrogen) atoms. The number of benzene rings is 3. The fraction of sp³-hybridized carbons (Fsp3) is 0.429. The Morgan fingerprint density at radius 3 is 2.46 bits per heavy atom. The number of aromatic amines is 1. The standard InChI is InChI=1S/C49H56BrClFN7O5S/c1-49(2)15-13-34(41(29-49)32-3-5-35(51)6-4-32)31-57-17-19-58(20-18-57)38-11-12-40(45(26-38)64-46-25-33-14-16-53-44(33)28-43(46)52)48(60)56-65(61,62)39-27-42(50)47(54-30-39)55-36-7-9-37(10-8-36)59-21-23-63-24-22-59/h3-6,11-12,14,16,25-28,30,36-37,53H,7-10,13,15,17-24,29,31H2,1-2H3,(H,54,55)(H,56,60). The number of anilines is 2. The van der Waals surface area contributed by atoms with Crippen molar-refractivity contribution < 1.29 is 27.1 Å². The molecule has 0 unspecified atom stereocenters. The number of hydrogen-bond donors (Lipinski definition) is 3. The number of nitrogens with one attached hydrogen (secondary N) is 3. The largest absolute Gasteiger partial charge is 0.453 e. The van der Waals surface area contributed by atoms with Crippen LogP contribution in [0.15, 0.2) is 94.1 Å². The van der Waals surface area contributed by atoms with Gasteiger partial charge < -0.3 is 24.7 Å². The Morgan fingerprint density at radius 1 is 0.969 bits per heavy atom. The number of carbonyl (C=O) groups excluding carboxylic acids is 1. The van der Waals surface area contributed by atoms with Crippen molar-refractivity contribution >= 4 is 71.4 Å². The van der Waals surface area contributed by atoms with Crippen LogP contribution in [0.5, 0.6) is 11.5 Å². The average molecular weight is 989 g/mol. The summed E-state index contributed by atoms with van der Waals surface area (Å²) in [7, 11) is -4.39. The number of pyridine rings is 1. The van der Waals surface area contributed by atoms with Crippen LogP contribution in [-0.2, 0) is 14.8 Å². The SMILES string of the molecule is CC1(C)CCC(CN2CCN(c3ccc(C(=O)NS(=O)(=O)c4cnc(NC5CCC(N6CCOCC6)CC5)c(Br)c4)c(Oc4cc5cc[nH]c5cc4F)c3)CC2)=C(c2ccc(Cl)cc2)C1. The van der Waals surface area contributed by atoms with E-state index in [1.54, 1.807) is 30.5 Å². The second kappa shape index (κ2) is 19.4. The van der Waals surface area contributed by atoms with E-state index in [1.807, 2.05) is 12.1 Å². The van der Waals surface area contributed by atoms with Crippen molar-refractivity contribution in [1.82, 2.24) is 24.5 Å². The van der Waals surface area contributed by atoms with E-state index in [-0.39, 0.29) is 33.4 Å². The van der Waals surface area contributed by atoms with Crippen LogP contribution in [0, 0.1) is 11.2 Å². The van der Waals surface area contributed by atoms with Gasteiger partial charge in [-0.15, -0.1) is 0 Å². The number of piperazine rings is 1. The number of carbonyl (C=O) groups is 1. The summed E-state index contributed by atoms with van der Waals surface area (Å²) in [6.45, 7) is 12.1. The number of sulfonamides is 1. The van der Waals surface area contributed by atoms with Gasteiger partial charge >= 0.3 is 0 Å². The zero-order chi connectivity index (χ0) is 45.3. The third kappa shape index (κ3) is 10.7. The van der Waals surface area contributed by atoms with Crippen LogP contribution in [-0.4, -0.2) is 105 Å². The van der Waals surface area contributed by atoms with Gasteiger partial charge in [-0.3, -0.25) is 14.6 Å². The second-order valence-corrected chi connectivity index (χ2v) is 21.5. The van der Waals surface area contributed by atoms with Crippen LogP contribution in [0.2, 0.25) is 5.02 Å². The normalized spacial score (nSPS) is 21.1. The van der Waals surface area contributed by atoms with E-state index >= 15 is 4.39 Å². The lowest BCUT2D eigenvalue weighted by Gasteiger charge is -2.39. The Hall–Kier alpha value is -4.51. The number of amides is 1. The first-order chi connectivity index (χ1) is 31.3. The molecule has 0 radical (unpaired) electrons. The number of allylic oxidation sites excluding steroid dienone is 1. The van der Waals surface area contributed by atoms with E-state index in [4.69, 9.17) is 21.1 Å². The van der Waals surface area contributed by atoms with Crippen LogP contribution in [0.1, 0.15) is 74.7 Å². The lowest BCUT2D eigenvalue weighted by molar-refractivity contribution is 0.00790. The van der Waals surface area contributed by atoms with E-state index in [2.05, 4.69) is 76.6 Å². The van der Waals surface area contributed by atoms with Crippen molar-refractivity contribution in [2.24, 2.45) is 5.41 Å². The van der Waals surface area contributed by atoms with E-state index in [1.165, 1.54) is 41.1 Å². The smallest absolute Gasteiger partial charge is 0.268 e. The fourth-order valence-electron chi connectivity index (χ4n) is 9.76. The van der Waals surface area contributed by atoms with Gasteiger partial charge in [0.05, 0.1) is 23.2 Å². The maximum absolute atomic E-state index is 15.5. The van der Waals surface area contributed by atoms with Crippen LogP contribution in [0.4, 0.5) is 15.9 Å². The van der Waals surface area contributed by atoms with E-state index in [9.17, 15) is 13.2 Å². The number of halogens is 3. The summed E-state index contributed by atoms with van der Waals surface area (Å²) in [6.07, 6.45) is 10.2. The predicted molar refractivity (Wildman–Crippen MR) is 258 cm³/mol. The van der Waals surface area contributed by atoms with Crippen molar-refractivity contribution in [2.45, 2.75) is 75.8 Å². The molecule has 3 fully saturated rings. The minimum atomic E-state index is -4.39. The molecule has 0 atom stereocenters. The van der Waals surface area contributed by atoms with Gasteiger partial charge in [-0.2, -0.15) is 0 Å². The molecule has 12 nitrogen and oxygen atoms in total. The molecule has 344 valence electrons. The first kappa shape index (κ1) is 45.6. The summed E-state index contributed by atoms with van der Waals surface area (Å²) in [5.74, 6) is -1.09. The third-order valence-corrected chi connectivity index (χ3v) is 15.7. The molecular formula is C49H56BrClFN7O5S. The minimum Gasteiger partial charge on any atom is -0.453 e. The van der Waals surface area contributed by atoms with Crippen molar-refractivity contribution in [1.29, 1.82) is 0 Å². The molecule has 2 saturated heterocycles. The fourth-order valence-corrected chi connectivity index (χ4v) is 11.4. The van der Waals surface area contributed by atoms with Crippen LogP contribution in [0.25, 0.3) is 16.5 Å². The Kier molecular flexibility index (Phi) is 13.6. The summed E-state index contributed by atoms with van der Waals surface area (Å²) in [5, 5.41) is 4.93. The summed E-state index contributed by atoms with van der Waals surface area (Å²) < 4.78 is 57.5. The number of ether oxygens (including phenoxy) is 2. The molecule has 4 heterocycles. The van der Waals surface area contributed by atoms with Gasteiger partial charge in [-0.25, -0.2) is 22.5 Å². The molecule has 4 aliphatic rings. The second-order valence-electron chi connectivity index (χ2n) is 18.6. The molecule has 16 heteroatoms. The van der Waals surface area contributed by atoms with Gasteiger partial charge in [0.1, 0.15) is 16.5 Å². The number of nitrogens with zero attached hydrogens (tertiary/aromatic N) is 4.